The van der Waals surface area contributed by atoms with E-state index in [0.717, 1.165) is 39.8 Å². The predicted molar refractivity (Wildman–Crippen MR) is 243 cm³/mol. The van der Waals surface area contributed by atoms with Crippen molar-refractivity contribution in [2.24, 2.45) is 5.41 Å². The summed E-state index contributed by atoms with van der Waals surface area (Å²) in [6.45, 7) is 36.7. The molecule has 2 heteroatoms. The molecule has 1 aliphatic heterocycles. The van der Waals surface area contributed by atoms with Gasteiger partial charge in [0, 0.05) is 37.3 Å². The highest BCUT2D eigenvalue weighted by atomic mass is 32.2. The SMILES string of the molecule is C=C\C=C/C=C(\C=C\C=C1/OC(=C)/C2=C(\C=C/C1=C)C(C)(C)C(=C)/C=C\C=C/C2)c1ccc2c(c1)C(C)(C)c1ccc(C)c(SC(/C=C\C=C)=C(/C)CC)c1-2. The van der Waals surface area contributed by atoms with Crippen molar-refractivity contribution in [2.75, 3.05) is 0 Å². The van der Waals surface area contributed by atoms with Crippen LogP contribution in [0.3, 0.4) is 0 Å². The van der Waals surface area contributed by atoms with Crippen LogP contribution in [0.5, 0.6) is 0 Å². The fourth-order valence-corrected chi connectivity index (χ4v) is 8.42. The van der Waals surface area contributed by atoms with Gasteiger partial charge in [0.2, 0.25) is 0 Å². The van der Waals surface area contributed by atoms with Gasteiger partial charge in [-0.25, -0.2) is 0 Å². The highest BCUT2D eigenvalue weighted by molar-refractivity contribution is 8.03. The van der Waals surface area contributed by atoms with Crippen LogP contribution in [0.15, 0.2) is 210 Å². The molecule has 55 heavy (non-hydrogen) atoms. The lowest BCUT2D eigenvalue weighted by Crippen LogP contribution is -2.19. The van der Waals surface area contributed by atoms with Gasteiger partial charge in [-0.3, -0.25) is 0 Å². The standard InChI is InChI=1S/C53H56OS/c1-13-16-19-24-41(25-22-27-48-37(5)29-33-45-43(40(8)54-48)26-21-18-20-23-39(7)52(45,9)10)42-31-32-44-47(35-42)53(11,12)46-34-30-38(6)51(50(44)46)55-49(28-17-14-2)36(4)15-3/h13-14,16-25,27-35H,1-2,5,7-8,15,26H2,3-4,6,9-12H3/b19-16-,21-18-,23-20-,25-22+,28-17-,33-29-,41-24+,45-43+,48-27-,49-36-. The topological polar surface area (TPSA) is 9.23 Å². The first kappa shape index (κ1) is 40.9. The number of fused-ring (bicyclic) bond motifs is 3. The van der Waals surface area contributed by atoms with Crippen LogP contribution in [0, 0.1) is 12.3 Å². The number of hydrogen-bond acceptors (Lipinski definition) is 2. The van der Waals surface area contributed by atoms with Gasteiger partial charge < -0.3 is 4.74 Å². The predicted octanol–water partition coefficient (Wildman–Crippen LogP) is 15.4. The highest BCUT2D eigenvalue weighted by Gasteiger charge is 2.38. The van der Waals surface area contributed by atoms with E-state index in [9.17, 15) is 0 Å². The smallest absolute Gasteiger partial charge is 0.134 e. The molecule has 0 atom stereocenters. The summed E-state index contributed by atoms with van der Waals surface area (Å²) in [6, 6.07) is 11.5. The fraction of sp³-hybridized carbons (Fsp3) is 0.208. The van der Waals surface area contributed by atoms with E-state index in [4.69, 9.17) is 4.74 Å². The van der Waals surface area contributed by atoms with E-state index >= 15 is 0 Å². The average Bonchev–Trinajstić information content (AvgIpc) is 3.41. The normalized spacial score (nSPS) is 22.2. The first-order valence-electron chi connectivity index (χ1n) is 19.1. The third-order valence-electron chi connectivity index (χ3n) is 10.9. The summed E-state index contributed by atoms with van der Waals surface area (Å²) < 4.78 is 6.50. The molecule has 0 fully saturated rings. The van der Waals surface area contributed by atoms with Gasteiger partial charge in [0.25, 0.3) is 0 Å². The average molecular weight is 741 g/mol. The van der Waals surface area contributed by atoms with Crippen molar-refractivity contribution in [3.8, 4) is 11.1 Å². The van der Waals surface area contributed by atoms with Crippen LogP contribution in [0.25, 0.3) is 16.7 Å². The van der Waals surface area contributed by atoms with Gasteiger partial charge in [0.1, 0.15) is 11.5 Å². The minimum atomic E-state index is -0.303. The Balaban J connectivity index is 1.53. The zero-order valence-corrected chi connectivity index (χ0v) is 34.7. The first-order valence-corrected chi connectivity index (χ1v) is 19.9. The van der Waals surface area contributed by atoms with Gasteiger partial charge in [-0.1, -0.05) is 194 Å². The molecule has 0 saturated heterocycles. The van der Waals surface area contributed by atoms with Crippen molar-refractivity contribution in [1.29, 1.82) is 0 Å². The van der Waals surface area contributed by atoms with Crippen molar-refractivity contribution < 1.29 is 4.74 Å². The summed E-state index contributed by atoms with van der Waals surface area (Å²) in [5, 5.41) is 0. The van der Waals surface area contributed by atoms with Crippen molar-refractivity contribution in [1.82, 2.24) is 0 Å². The molecule has 0 saturated carbocycles. The molecule has 2 aromatic carbocycles. The number of allylic oxidation sites excluding steroid dienone is 21. The van der Waals surface area contributed by atoms with E-state index < -0.39 is 0 Å². The lowest BCUT2D eigenvalue weighted by molar-refractivity contribution is 0.323. The molecule has 0 amide bonds. The highest BCUT2D eigenvalue weighted by Crippen LogP contribution is 2.54. The van der Waals surface area contributed by atoms with Gasteiger partial charge in [0.05, 0.1) is 0 Å². The number of ether oxygens (including phenoxy) is 1. The van der Waals surface area contributed by atoms with Crippen LogP contribution in [0.4, 0.5) is 0 Å². The lowest BCUT2D eigenvalue weighted by atomic mass is 9.74. The third-order valence-corrected chi connectivity index (χ3v) is 12.4. The van der Waals surface area contributed by atoms with E-state index in [1.165, 1.54) is 43.2 Å². The Hall–Kier alpha value is -5.31. The maximum absolute atomic E-state index is 6.50. The van der Waals surface area contributed by atoms with Gasteiger partial charge in [0.15, 0.2) is 0 Å². The minimum Gasteiger partial charge on any atom is -0.457 e. The van der Waals surface area contributed by atoms with Gasteiger partial charge in [-0.2, -0.15) is 0 Å². The summed E-state index contributed by atoms with van der Waals surface area (Å²) >= 11 is 1.87. The molecule has 0 aromatic heterocycles. The van der Waals surface area contributed by atoms with Crippen molar-refractivity contribution in [3.05, 3.63) is 227 Å². The van der Waals surface area contributed by atoms with E-state index in [-0.39, 0.29) is 10.8 Å². The van der Waals surface area contributed by atoms with E-state index in [0.29, 0.717) is 17.9 Å². The zero-order chi connectivity index (χ0) is 39.9. The maximum Gasteiger partial charge on any atom is 0.134 e. The second-order valence-electron chi connectivity index (χ2n) is 15.3. The summed E-state index contributed by atoms with van der Waals surface area (Å²) in [6.07, 6.45) is 34.4. The Bertz CT molecular complexity index is 2250. The number of hydrogen-bond donors (Lipinski definition) is 0. The molecule has 2 aliphatic carbocycles. The van der Waals surface area contributed by atoms with Crippen molar-refractivity contribution >= 4 is 17.3 Å². The van der Waals surface area contributed by atoms with Gasteiger partial charge in [-0.15, -0.1) is 0 Å². The fourth-order valence-electron chi connectivity index (χ4n) is 7.18. The van der Waals surface area contributed by atoms with E-state index in [2.05, 4.69) is 154 Å². The largest absolute Gasteiger partial charge is 0.457 e. The molecule has 1 heterocycles. The van der Waals surface area contributed by atoms with Crippen LogP contribution in [-0.2, 0) is 10.2 Å². The molecule has 3 aliphatic rings. The number of benzene rings is 2. The summed E-state index contributed by atoms with van der Waals surface area (Å²) in [7, 11) is 0. The van der Waals surface area contributed by atoms with Crippen LogP contribution >= 0.6 is 11.8 Å². The minimum absolute atomic E-state index is 0.176. The molecule has 0 radical (unpaired) electrons. The second-order valence-corrected chi connectivity index (χ2v) is 16.3. The van der Waals surface area contributed by atoms with Gasteiger partial charge >= 0.3 is 0 Å². The molecule has 5 rings (SSSR count). The Labute approximate surface area is 335 Å². The van der Waals surface area contributed by atoms with Crippen LogP contribution in [0.2, 0.25) is 0 Å². The molecule has 280 valence electrons. The maximum atomic E-state index is 6.50. The summed E-state index contributed by atoms with van der Waals surface area (Å²) in [4.78, 5) is 2.59. The molecule has 0 unspecified atom stereocenters. The van der Waals surface area contributed by atoms with Crippen molar-refractivity contribution in [3.63, 3.8) is 0 Å². The molecule has 1 nitrogen and oxygen atoms in total. The van der Waals surface area contributed by atoms with Gasteiger partial charge in [-0.05, 0) is 89.4 Å². The number of rotatable bonds is 10. The molecular weight excluding hydrogens is 685 g/mol. The zero-order valence-electron chi connectivity index (χ0n) is 33.9. The van der Waals surface area contributed by atoms with E-state index in [1.807, 2.05) is 60.4 Å². The molecular formula is C53H56OS. The number of aryl methyl sites for hydroxylation is 1. The summed E-state index contributed by atoms with van der Waals surface area (Å²) in [5.74, 6) is 1.28. The first-order chi connectivity index (χ1) is 26.3. The van der Waals surface area contributed by atoms with E-state index in [1.54, 1.807) is 6.08 Å². The Kier molecular flexibility index (Phi) is 13.0. The van der Waals surface area contributed by atoms with Crippen LogP contribution in [-0.4, -0.2) is 0 Å². The number of thioether (sulfide) groups is 1. The third kappa shape index (κ3) is 8.66. The summed E-state index contributed by atoms with van der Waals surface area (Å²) in [5.41, 5.74) is 13.7. The van der Waals surface area contributed by atoms with Crippen LogP contribution < -0.4 is 0 Å². The monoisotopic (exact) mass is 740 g/mol. The Morgan fingerprint density at radius 2 is 1.62 bits per heavy atom. The van der Waals surface area contributed by atoms with Crippen LogP contribution in [0.1, 0.15) is 76.6 Å². The lowest BCUT2D eigenvalue weighted by Gasteiger charge is -2.31. The molecule has 0 N–H and O–H groups in total. The van der Waals surface area contributed by atoms with Crippen molar-refractivity contribution in [2.45, 2.75) is 71.6 Å². The quantitative estimate of drug-likeness (QED) is 0.177. The Morgan fingerprint density at radius 3 is 2.35 bits per heavy atom. The second kappa shape index (κ2) is 17.4. The molecule has 0 spiro atoms. The Morgan fingerprint density at radius 1 is 0.855 bits per heavy atom. The molecule has 2 aromatic rings. The molecule has 0 bridgehead atoms.